The molecule has 0 fully saturated rings. The molecule has 0 N–H and O–H groups in total. The van der Waals surface area contributed by atoms with Crippen LogP contribution in [0.4, 0.5) is 0 Å². The van der Waals surface area contributed by atoms with E-state index in [9.17, 15) is 0 Å². The van der Waals surface area contributed by atoms with Crippen LogP contribution < -0.4 is 0 Å². The molecule has 0 unspecified atom stereocenters. The second-order valence-corrected chi connectivity index (χ2v) is 1.84. The van der Waals surface area contributed by atoms with E-state index in [0.29, 0.717) is 12.6 Å². The van der Waals surface area contributed by atoms with E-state index in [1.165, 1.54) is 6.79 Å². The molecule has 0 atom stereocenters. The molecule has 3 nitrogen and oxygen atoms in total. The van der Waals surface area contributed by atoms with Gasteiger partial charge in [0.1, 0.15) is 0 Å². The molecule has 0 spiro atoms. The fraction of sp³-hybridized carbons (Fsp3) is 0.429. The van der Waals surface area contributed by atoms with Crippen molar-refractivity contribution in [1.29, 1.82) is 0 Å². The molecule has 0 aromatic heterocycles. The highest BCUT2D eigenvalue weighted by Gasteiger charge is 2.05. The molecule has 3 heteroatoms. The topological polar surface area (TPSA) is 29.8 Å². The first-order valence-corrected chi connectivity index (χ1v) is 3.16. The Morgan fingerprint density at radius 2 is 2.60 bits per heavy atom. The monoisotopic (exact) mass is 142 g/mol. The molecular formula is C7H10O3. The Morgan fingerprint density at radius 3 is 3.20 bits per heavy atom. The van der Waals surface area contributed by atoms with Crippen molar-refractivity contribution in [2.75, 3.05) is 6.61 Å². The number of carbonyl (C=O) groups excluding carboxylic acids is 1. The van der Waals surface area contributed by atoms with Gasteiger partial charge in [0.2, 0.25) is 6.79 Å². The van der Waals surface area contributed by atoms with Crippen LogP contribution in [0.25, 0.3) is 0 Å². The fourth-order valence-corrected chi connectivity index (χ4v) is 0.599. The minimum atomic E-state index is 0.492. The lowest BCUT2D eigenvalue weighted by Crippen LogP contribution is -2.09. The van der Waals surface area contributed by atoms with Crippen molar-refractivity contribution in [2.45, 2.75) is 13.8 Å². The van der Waals surface area contributed by atoms with Crippen LogP contribution in [0.2, 0.25) is 0 Å². The molecule has 1 rings (SSSR count). The molecule has 0 bridgehead atoms. The molecule has 0 radical (unpaired) electrons. The largest absolute Gasteiger partial charge is 0.503 e. The number of hydrogen-bond donors (Lipinski definition) is 0. The third-order valence-corrected chi connectivity index (χ3v) is 1.01. The summed E-state index contributed by atoms with van der Waals surface area (Å²) < 4.78 is 14.8. The van der Waals surface area contributed by atoms with Crippen LogP contribution in [0, 0.1) is 6.79 Å². The number of hydrogen-bond acceptors (Lipinski definition) is 2. The van der Waals surface area contributed by atoms with Gasteiger partial charge >= 0.3 is 5.97 Å². The van der Waals surface area contributed by atoms with Crippen LogP contribution in [-0.4, -0.2) is 12.6 Å². The molecule has 56 valence electrons. The Balaban J connectivity index is 2.51. The summed E-state index contributed by atoms with van der Waals surface area (Å²) in [4.78, 5) is 0. The Morgan fingerprint density at radius 1 is 1.80 bits per heavy atom. The van der Waals surface area contributed by atoms with E-state index >= 15 is 0 Å². The van der Waals surface area contributed by atoms with Crippen molar-refractivity contribution in [3.63, 3.8) is 0 Å². The lowest BCUT2D eigenvalue weighted by atomic mass is 10.5. The molecule has 1 heterocycles. The predicted molar refractivity (Wildman–Crippen MR) is 35.8 cm³/mol. The van der Waals surface area contributed by atoms with Crippen LogP contribution in [0.1, 0.15) is 13.8 Å². The minimum absolute atomic E-state index is 0.492. The first-order chi connectivity index (χ1) is 4.83. The van der Waals surface area contributed by atoms with E-state index in [2.05, 4.69) is 0 Å². The average molecular weight is 142 g/mol. The second-order valence-electron chi connectivity index (χ2n) is 1.84. The number of ether oxygens (including phenoxy) is 2. The lowest BCUT2D eigenvalue weighted by Gasteiger charge is -2.10. The van der Waals surface area contributed by atoms with Gasteiger partial charge in [-0.25, -0.2) is 0 Å². The van der Waals surface area contributed by atoms with Gasteiger partial charge in [0, 0.05) is 6.08 Å². The van der Waals surface area contributed by atoms with Crippen molar-refractivity contribution in [3.8, 4) is 0 Å². The zero-order valence-electron chi connectivity index (χ0n) is 6.09. The Bertz CT molecular complexity index is 170. The first-order valence-electron chi connectivity index (χ1n) is 3.16. The Hall–Kier alpha value is -1.12. The van der Waals surface area contributed by atoms with Gasteiger partial charge in [0.15, 0.2) is 6.61 Å². The summed E-state index contributed by atoms with van der Waals surface area (Å²) in [6.07, 6.45) is 1.70. The summed E-state index contributed by atoms with van der Waals surface area (Å²) in [5.74, 6) is 1.26. The lowest BCUT2D eigenvalue weighted by molar-refractivity contribution is -0.461. The van der Waals surface area contributed by atoms with Gasteiger partial charge in [0.05, 0.1) is 5.76 Å². The van der Waals surface area contributed by atoms with Crippen LogP contribution in [-0.2, 0) is 13.9 Å². The minimum Gasteiger partial charge on any atom is -0.503 e. The number of esters is 1. The van der Waals surface area contributed by atoms with Crippen LogP contribution in [0.3, 0.4) is 0 Å². The molecule has 0 saturated heterocycles. The van der Waals surface area contributed by atoms with Crippen LogP contribution >= 0.6 is 0 Å². The van der Waals surface area contributed by atoms with E-state index < -0.39 is 0 Å². The smallest absolute Gasteiger partial charge is 0.368 e. The summed E-state index contributed by atoms with van der Waals surface area (Å²) in [5.41, 5.74) is 0. The molecule has 10 heavy (non-hydrogen) atoms. The van der Waals surface area contributed by atoms with Gasteiger partial charge in [-0.15, -0.1) is 0 Å². The molecule has 0 aliphatic carbocycles. The molecule has 0 amide bonds. The van der Waals surface area contributed by atoms with E-state index in [4.69, 9.17) is 13.9 Å². The maximum atomic E-state index is 5.06. The zero-order chi connectivity index (χ0) is 7.40. The Labute approximate surface area is 59.9 Å². The standard InChI is InChI=1S/C7H10O3/c1-3-8-7-4-6(2)9-5-10-7/h4-5H,3H2,1-2H3. The van der Waals surface area contributed by atoms with Crippen LogP contribution in [0.15, 0.2) is 11.8 Å². The normalized spacial score (nSPS) is 16.2. The van der Waals surface area contributed by atoms with Crippen molar-refractivity contribution < 1.29 is 13.9 Å². The highest BCUT2D eigenvalue weighted by Crippen LogP contribution is 2.03. The molecule has 0 saturated carbocycles. The number of allylic oxidation sites excluding steroid dienone is 1. The number of rotatable bonds is 1. The van der Waals surface area contributed by atoms with Gasteiger partial charge < -0.3 is 13.9 Å². The van der Waals surface area contributed by atoms with Gasteiger partial charge in [-0.3, -0.25) is 0 Å². The molecule has 0 aromatic rings. The maximum absolute atomic E-state index is 5.06. The maximum Gasteiger partial charge on any atom is 0.368 e. The molecule has 1 aliphatic rings. The predicted octanol–water partition coefficient (Wildman–Crippen LogP) is 1.14. The fourth-order valence-electron chi connectivity index (χ4n) is 0.599. The van der Waals surface area contributed by atoms with Crippen molar-refractivity contribution in [2.24, 2.45) is 0 Å². The highest BCUT2D eigenvalue weighted by atomic mass is 16.7. The second kappa shape index (κ2) is 3.15. The molecular weight excluding hydrogens is 132 g/mol. The molecule has 0 aromatic carbocycles. The van der Waals surface area contributed by atoms with Gasteiger partial charge in [0.25, 0.3) is 0 Å². The first kappa shape index (κ1) is 6.99. The quantitative estimate of drug-likeness (QED) is 0.312. The van der Waals surface area contributed by atoms with Gasteiger partial charge in [-0.2, -0.15) is 0 Å². The van der Waals surface area contributed by atoms with Gasteiger partial charge in [-0.1, -0.05) is 0 Å². The average Bonchev–Trinajstić information content (AvgIpc) is 1.88. The van der Waals surface area contributed by atoms with Crippen molar-refractivity contribution >= 4 is 5.97 Å². The SMILES string of the molecule is CCOC1=[O+][CH-]OC(C)=C1. The summed E-state index contributed by atoms with van der Waals surface area (Å²) in [5, 5.41) is 0. The van der Waals surface area contributed by atoms with Crippen LogP contribution in [0.5, 0.6) is 0 Å². The van der Waals surface area contributed by atoms with E-state index in [1.807, 2.05) is 13.8 Å². The summed E-state index contributed by atoms with van der Waals surface area (Å²) in [6, 6.07) is 0. The summed E-state index contributed by atoms with van der Waals surface area (Å²) >= 11 is 0. The summed E-state index contributed by atoms with van der Waals surface area (Å²) in [7, 11) is 0. The van der Waals surface area contributed by atoms with Crippen molar-refractivity contribution in [1.82, 2.24) is 0 Å². The molecule has 1 aliphatic heterocycles. The Kier molecular flexibility index (Phi) is 2.20. The zero-order valence-corrected chi connectivity index (χ0v) is 6.09. The van der Waals surface area contributed by atoms with E-state index in [-0.39, 0.29) is 0 Å². The van der Waals surface area contributed by atoms with E-state index in [0.717, 1.165) is 5.76 Å². The van der Waals surface area contributed by atoms with E-state index in [1.54, 1.807) is 6.08 Å². The third kappa shape index (κ3) is 1.69. The third-order valence-electron chi connectivity index (χ3n) is 1.01. The van der Waals surface area contributed by atoms with Gasteiger partial charge in [-0.05, 0) is 13.8 Å². The highest BCUT2D eigenvalue weighted by molar-refractivity contribution is 5.83. The summed E-state index contributed by atoms with van der Waals surface area (Å²) in [6.45, 7) is 5.58. The van der Waals surface area contributed by atoms with Crippen molar-refractivity contribution in [3.05, 3.63) is 18.6 Å².